The van der Waals surface area contributed by atoms with E-state index in [1.807, 2.05) is 12.1 Å². The molecule has 2 heteroatoms. The maximum Gasteiger partial charge on any atom is 0.148 e. The number of terminal acetylenes is 2. The summed E-state index contributed by atoms with van der Waals surface area (Å²) in [5.74, 6) is 6.75. The van der Waals surface area contributed by atoms with Gasteiger partial charge in [0.15, 0.2) is 0 Å². The van der Waals surface area contributed by atoms with E-state index in [2.05, 4.69) is 170 Å². The van der Waals surface area contributed by atoms with E-state index in [1.165, 1.54) is 61.2 Å². The molecule has 0 spiro atoms. The summed E-state index contributed by atoms with van der Waals surface area (Å²) in [5, 5.41) is 0. The van der Waals surface area contributed by atoms with E-state index in [0.717, 1.165) is 17.1 Å². The molecule has 0 amide bonds. The van der Waals surface area contributed by atoms with E-state index >= 15 is 0 Å². The molecule has 0 aromatic heterocycles. The first-order valence-corrected chi connectivity index (χ1v) is 18.0. The first-order chi connectivity index (χ1) is 26.2. The molecule has 0 heterocycles. The van der Waals surface area contributed by atoms with Crippen molar-refractivity contribution in [2.45, 2.75) is 17.3 Å². The van der Waals surface area contributed by atoms with Gasteiger partial charge in [-0.05, 0) is 97.4 Å². The third kappa shape index (κ3) is 4.92. The molecule has 7 aromatic rings. The molecule has 2 aliphatic carbocycles. The minimum Gasteiger partial charge on any atom is -0.481 e. The molecule has 53 heavy (non-hydrogen) atoms. The van der Waals surface area contributed by atoms with Gasteiger partial charge in [-0.25, -0.2) is 0 Å². The van der Waals surface area contributed by atoms with Gasteiger partial charge >= 0.3 is 0 Å². The largest absolute Gasteiger partial charge is 0.481 e. The van der Waals surface area contributed by atoms with Gasteiger partial charge in [-0.3, -0.25) is 0 Å². The van der Waals surface area contributed by atoms with Crippen molar-refractivity contribution in [1.82, 2.24) is 0 Å². The molecule has 7 aromatic carbocycles. The number of hydrogen-bond donors (Lipinski definition) is 0. The van der Waals surface area contributed by atoms with Crippen LogP contribution in [0.5, 0.6) is 11.5 Å². The third-order valence-corrected chi connectivity index (χ3v) is 11.2. The number of fused-ring (bicyclic) bond motifs is 6. The molecule has 0 radical (unpaired) electrons. The Hall–Kier alpha value is -6.74. The van der Waals surface area contributed by atoms with Gasteiger partial charge in [0.2, 0.25) is 0 Å². The lowest BCUT2D eigenvalue weighted by Crippen LogP contribution is -2.34. The predicted molar refractivity (Wildman–Crippen MR) is 214 cm³/mol. The van der Waals surface area contributed by atoms with Crippen molar-refractivity contribution in [3.63, 3.8) is 0 Å². The van der Waals surface area contributed by atoms with E-state index in [4.69, 9.17) is 22.3 Å². The first kappa shape index (κ1) is 32.2. The molecule has 252 valence electrons. The zero-order valence-corrected chi connectivity index (χ0v) is 29.3. The van der Waals surface area contributed by atoms with Gasteiger partial charge in [-0.15, -0.1) is 12.8 Å². The fourth-order valence-electron chi connectivity index (χ4n) is 9.15. The minimum absolute atomic E-state index is 0.185. The number of ether oxygens (including phenoxy) is 2. The Morgan fingerprint density at radius 2 is 0.868 bits per heavy atom. The van der Waals surface area contributed by atoms with Crippen molar-refractivity contribution in [3.05, 3.63) is 214 Å². The summed E-state index contributed by atoms with van der Waals surface area (Å²) < 4.78 is 12.1. The molecule has 9 rings (SSSR count). The molecular weight excluding hydrogens is 645 g/mol. The number of benzene rings is 7. The van der Waals surface area contributed by atoms with Crippen LogP contribution in [0, 0.1) is 24.7 Å². The summed E-state index contributed by atoms with van der Waals surface area (Å²) in [6.45, 7) is 0.397. The molecular formula is C51H36O2. The van der Waals surface area contributed by atoms with Gasteiger partial charge in [0, 0.05) is 0 Å². The highest BCUT2D eigenvalue weighted by Gasteiger charge is 2.50. The second kappa shape index (κ2) is 13.1. The van der Waals surface area contributed by atoms with Crippen molar-refractivity contribution in [2.24, 2.45) is 0 Å². The molecule has 0 atom stereocenters. The monoisotopic (exact) mass is 680 g/mol. The van der Waals surface area contributed by atoms with Gasteiger partial charge in [0.05, 0.1) is 10.8 Å². The van der Waals surface area contributed by atoms with Crippen LogP contribution in [0.2, 0.25) is 0 Å². The highest BCUT2D eigenvalue weighted by molar-refractivity contribution is 5.87. The Labute approximate surface area is 311 Å². The smallest absolute Gasteiger partial charge is 0.148 e. The van der Waals surface area contributed by atoms with Crippen LogP contribution in [-0.4, -0.2) is 13.2 Å². The first-order valence-electron chi connectivity index (χ1n) is 18.0. The molecule has 0 N–H and O–H groups in total. The van der Waals surface area contributed by atoms with E-state index < -0.39 is 10.8 Å². The third-order valence-electron chi connectivity index (χ3n) is 11.2. The lowest BCUT2D eigenvalue weighted by molar-refractivity contribution is 0.369. The average molecular weight is 681 g/mol. The highest BCUT2D eigenvalue weighted by Crippen LogP contribution is 2.59. The van der Waals surface area contributed by atoms with Crippen LogP contribution >= 0.6 is 0 Å². The van der Waals surface area contributed by atoms with Crippen LogP contribution in [0.15, 0.2) is 170 Å². The zero-order valence-electron chi connectivity index (χ0n) is 29.3. The molecule has 0 bridgehead atoms. The molecule has 0 fully saturated rings. The topological polar surface area (TPSA) is 18.5 Å². The molecule has 0 aliphatic heterocycles. The second-order valence-electron chi connectivity index (χ2n) is 13.7. The van der Waals surface area contributed by atoms with Gasteiger partial charge in [-0.2, -0.15) is 0 Å². The minimum atomic E-state index is -0.659. The second-order valence-corrected chi connectivity index (χ2v) is 13.7. The number of rotatable bonds is 9. The van der Waals surface area contributed by atoms with Gasteiger partial charge in [-0.1, -0.05) is 157 Å². The lowest BCUT2D eigenvalue weighted by Gasteiger charge is -2.39. The average Bonchev–Trinajstić information content (AvgIpc) is 3.68. The zero-order chi connectivity index (χ0) is 35.8. The van der Waals surface area contributed by atoms with Gasteiger partial charge < -0.3 is 9.47 Å². The van der Waals surface area contributed by atoms with Crippen LogP contribution in [0.3, 0.4) is 0 Å². The van der Waals surface area contributed by atoms with Crippen LogP contribution in [0.1, 0.15) is 44.5 Å². The SMILES string of the molecule is C#CCOc1ccc(C2(c3ccc(OCC#C)cc3CC3(c4ccccc4)c4ccccc4-c4ccccc43)c3ccccc3-c3ccccc32)cc1. The highest BCUT2D eigenvalue weighted by atomic mass is 16.5. The van der Waals surface area contributed by atoms with Crippen LogP contribution in [-0.2, 0) is 17.3 Å². The van der Waals surface area contributed by atoms with E-state index in [9.17, 15) is 0 Å². The van der Waals surface area contributed by atoms with Crippen LogP contribution in [0.25, 0.3) is 22.3 Å². The van der Waals surface area contributed by atoms with E-state index in [0.29, 0.717) is 6.42 Å². The lowest BCUT2D eigenvalue weighted by atomic mass is 9.63. The Morgan fingerprint density at radius 1 is 0.415 bits per heavy atom. The van der Waals surface area contributed by atoms with Crippen molar-refractivity contribution >= 4 is 0 Å². The predicted octanol–water partition coefficient (Wildman–Crippen LogP) is 10.6. The Bertz CT molecular complexity index is 2470. The Kier molecular flexibility index (Phi) is 7.96. The van der Waals surface area contributed by atoms with Crippen LogP contribution < -0.4 is 9.47 Å². The van der Waals surface area contributed by atoms with E-state index in [1.54, 1.807) is 0 Å². The normalized spacial score (nSPS) is 13.8. The summed E-state index contributed by atoms with van der Waals surface area (Å²) in [4.78, 5) is 0. The maximum atomic E-state index is 6.22. The fraction of sp³-hybridized carbons (Fsp3) is 0.0980. The molecule has 2 aliphatic rings. The van der Waals surface area contributed by atoms with Crippen molar-refractivity contribution in [1.29, 1.82) is 0 Å². The number of hydrogen-bond acceptors (Lipinski definition) is 2. The molecule has 2 nitrogen and oxygen atoms in total. The molecule has 0 saturated heterocycles. The Balaban J connectivity index is 1.37. The Morgan fingerprint density at radius 3 is 1.42 bits per heavy atom. The van der Waals surface area contributed by atoms with Gasteiger partial charge in [0.1, 0.15) is 24.7 Å². The van der Waals surface area contributed by atoms with Crippen LogP contribution in [0.4, 0.5) is 0 Å². The quantitative estimate of drug-likeness (QED) is 0.141. The summed E-state index contributed by atoms with van der Waals surface area (Å²) in [6, 6.07) is 61.5. The van der Waals surface area contributed by atoms with Gasteiger partial charge in [0.25, 0.3) is 0 Å². The maximum absolute atomic E-state index is 6.22. The van der Waals surface area contributed by atoms with E-state index in [-0.39, 0.29) is 13.2 Å². The summed E-state index contributed by atoms with van der Waals surface area (Å²) in [7, 11) is 0. The van der Waals surface area contributed by atoms with Crippen molar-refractivity contribution in [3.8, 4) is 58.4 Å². The fourth-order valence-corrected chi connectivity index (χ4v) is 9.15. The summed E-state index contributed by atoms with van der Waals surface area (Å²) in [5.41, 5.74) is 13.7. The summed E-state index contributed by atoms with van der Waals surface area (Å²) in [6.07, 6.45) is 12.0. The summed E-state index contributed by atoms with van der Waals surface area (Å²) >= 11 is 0. The standard InChI is InChI=1S/C51H36O2/c1-3-32-52-39-28-26-38(27-29-39)51(48-24-14-10-20-43(48)44-21-11-15-25-49(44)51)45-31-30-40(53-33-4-2)34-36(45)35-50(37-16-6-5-7-17-37)46-22-12-8-18-41(46)42-19-9-13-23-47(42)50/h1-2,5-31,34H,32-33,35H2. The van der Waals surface area contributed by atoms with Crippen molar-refractivity contribution in [2.75, 3.05) is 13.2 Å². The molecule has 0 unspecified atom stereocenters. The van der Waals surface area contributed by atoms with Crippen molar-refractivity contribution < 1.29 is 9.47 Å². The molecule has 0 saturated carbocycles.